The van der Waals surface area contributed by atoms with E-state index in [2.05, 4.69) is 16.4 Å². The standard InChI is InChI=1S/C18H11Cl3N4O/c19-11-5-14(20)17(15(21)6-11)26-13-7-16(18(23)24-9-13)25-12-3-1-10(8-22)2-4-12/h1-7,9,25H,(H2,23,24). The molecule has 0 saturated carbocycles. The van der Waals surface area contributed by atoms with E-state index in [1.807, 2.05) is 0 Å². The van der Waals surface area contributed by atoms with Gasteiger partial charge in [0.25, 0.3) is 0 Å². The second-order valence-corrected chi connectivity index (χ2v) is 6.47. The van der Waals surface area contributed by atoms with Gasteiger partial charge >= 0.3 is 0 Å². The number of nitrogens with zero attached hydrogens (tertiary/aromatic N) is 2. The third-order valence-electron chi connectivity index (χ3n) is 3.37. The van der Waals surface area contributed by atoms with Crippen molar-refractivity contribution in [1.29, 1.82) is 5.26 Å². The smallest absolute Gasteiger partial charge is 0.164 e. The number of nitrogen functional groups attached to an aromatic ring is 1. The lowest BCUT2D eigenvalue weighted by molar-refractivity contribution is 0.481. The summed E-state index contributed by atoms with van der Waals surface area (Å²) in [4.78, 5) is 4.11. The molecule has 0 unspecified atom stereocenters. The van der Waals surface area contributed by atoms with Gasteiger partial charge in [-0.2, -0.15) is 5.26 Å². The van der Waals surface area contributed by atoms with Crippen molar-refractivity contribution in [2.45, 2.75) is 0 Å². The van der Waals surface area contributed by atoms with Gasteiger partial charge in [-0.1, -0.05) is 34.8 Å². The van der Waals surface area contributed by atoms with Crippen LogP contribution in [0.1, 0.15) is 5.56 Å². The fraction of sp³-hybridized carbons (Fsp3) is 0. The molecule has 0 aliphatic rings. The van der Waals surface area contributed by atoms with E-state index < -0.39 is 0 Å². The molecule has 3 rings (SSSR count). The maximum absolute atomic E-state index is 8.85. The topological polar surface area (TPSA) is 84.0 Å². The summed E-state index contributed by atoms with van der Waals surface area (Å²) in [5.74, 6) is 0.949. The second kappa shape index (κ2) is 7.71. The molecule has 1 heterocycles. The third kappa shape index (κ3) is 4.12. The first-order chi connectivity index (χ1) is 12.5. The largest absolute Gasteiger partial charge is 0.453 e. The van der Waals surface area contributed by atoms with Gasteiger partial charge < -0.3 is 15.8 Å². The minimum Gasteiger partial charge on any atom is -0.453 e. The van der Waals surface area contributed by atoms with E-state index in [1.54, 1.807) is 30.3 Å². The van der Waals surface area contributed by atoms with Crippen LogP contribution in [-0.4, -0.2) is 4.98 Å². The number of aromatic nitrogens is 1. The fourth-order valence-corrected chi connectivity index (χ4v) is 3.03. The Morgan fingerprint density at radius 3 is 2.31 bits per heavy atom. The van der Waals surface area contributed by atoms with E-state index in [-0.39, 0.29) is 21.6 Å². The summed E-state index contributed by atoms with van der Waals surface area (Å²) >= 11 is 18.2. The number of hydrogen-bond donors (Lipinski definition) is 2. The number of ether oxygens (including phenoxy) is 1. The number of halogens is 3. The molecular weight excluding hydrogens is 395 g/mol. The van der Waals surface area contributed by atoms with Crippen molar-refractivity contribution >= 4 is 52.0 Å². The van der Waals surface area contributed by atoms with Crippen molar-refractivity contribution in [2.75, 3.05) is 11.1 Å². The van der Waals surface area contributed by atoms with Crippen LogP contribution in [-0.2, 0) is 0 Å². The highest BCUT2D eigenvalue weighted by atomic mass is 35.5. The minimum atomic E-state index is 0.272. The van der Waals surface area contributed by atoms with Crippen molar-refractivity contribution in [3.8, 4) is 17.6 Å². The Bertz CT molecular complexity index is 977. The molecule has 0 saturated heterocycles. The molecule has 1 aromatic heterocycles. The average molecular weight is 406 g/mol. The lowest BCUT2D eigenvalue weighted by Crippen LogP contribution is -2.00. The first kappa shape index (κ1) is 18.2. The van der Waals surface area contributed by atoms with Crippen LogP contribution in [0.15, 0.2) is 48.7 Å². The Labute approximate surface area is 164 Å². The van der Waals surface area contributed by atoms with Crippen molar-refractivity contribution in [3.63, 3.8) is 0 Å². The summed E-state index contributed by atoms with van der Waals surface area (Å²) in [6.45, 7) is 0. The van der Waals surface area contributed by atoms with Gasteiger partial charge in [0.15, 0.2) is 5.75 Å². The van der Waals surface area contributed by atoms with Gasteiger partial charge in [0.05, 0.1) is 33.6 Å². The van der Waals surface area contributed by atoms with Gasteiger partial charge in [-0.25, -0.2) is 4.98 Å². The number of nitrogens with one attached hydrogen (secondary N) is 1. The molecule has 2 aromatic carbocycles. The van der Waals surface area contributed by atoms with Gasteiger partial charge in [-0.3, -0.25) is 0 Å². The highest BCUT2D eigenvalue weighted by molar-refractivity contribution is 6.40. The molecule has 0 spiro atoms. The molecule has 26 heavy (non-hydrogen) atoms. The quantitative estimate of drug-likeness (QED) is 0.553. The fourth-order valence-electron chi connectivity index (χ4n) is 2.14. The van der Waals surface area contributed by atoms with Crippen molar-refractivity contribution in [1.82, 2.24) is 4.98 Å². The molecule has 8 heteroatoms. The van der Waals surface area contributed by atoms with Gasteiger partial charge in [-0.15, -0.1) is 0 Å². The molecule has 3 aromatic rings. The molecule has 0 bridgehead atoms. The molecule has 5 nitrogen and oxygen atoms in total. The maximum atomic E-state index is 8.85. The first-order valence-corrected chi connectivity index (χ1v) is 8.45. The predicted molar refractivity (Wildman–Crippen MR) is 105 cm³/mol. The number of hydrogen-bond acceptors (Lipinski definition) is 5. The Morgan fingerprint density at radius 1 is 1.04 bits per heavy atom. The Kier molecular flexibility index (Phi) is 5.38. The van der Waals surface area contributed by atoms with Crippen LogP contribution in [0.2, 0.25) is 15.1 Å². The van der Waals surface area contributed by atoms with E-state index in [9.17, 15) is 0 Å². The van der Waals surface area contributed by atoms with Crippen molar-refractivity contribution in [2.24, 2.45) is 0 Å². The van der Waals surface area contributed by atoms with E-state index in [4.69, 9.17) is 50.5 Å². The summed E-state index contributed by atoms with van der Waals surface area (Å²) in [6.07, 6.45) is 1.46. The van der Waals surface area contributed by atoms with E-state index in [0.29, 0.717) is 22.0 Å². The van der Waals surface area contributed by atoms with Gasteiger partial charge in [0, 0.05) is 16.8 Å². The van der Waals surface area contributed by atoms with Gasteiger partial charge in [0.1, 0.15) is 11.6 Å². The van der Waals surface area contributed by atoms with Crippen LogP contribution in [0.4, 0.5) is 17.2 Å². The molecule has 0 aliphatic carbocycles. The summed E-state index contributed by atoms with van der Waals surface area (Å²) < 4.78 is 5.74. The van der Waals surface area contributed by atoms with Crippen LogP contribution >= 0.6 is 34.8 Å². The number of pyridine rings is 1. The van der Waals surface area contributed by atoms with E-state index in [0.717, 1.165) is 5.69 Å². The molecular formula is C18H11Cl3N4O. The predicted octanol–water partition coefficient (Wildman–Crippen LogP) is 6.03. The monoisotopic (exact) mass is 404 g/mol. The average Bonchev–Trinajstić information content (AvgIpc) is 2.61. The number of rotatable bonds is 4. The SMILES string of the molecule is N#Cc1ccc(Nc2cc(Oc3c(Cl)cc(Cl)cc3Cl)cnc2N)cc1. The zero-order chi connectivity index (χ0) is 18.7. The zero-order valence-corrected chi connectivity index (χ0v) is 15.4. The summed E-state index contributed by atoms with van der Waals surface area (Å²) in [5.41, 5.74) is 7.76. The van der Waals surface area contributed by atoms with Crippen LogP contribution in [0, 0.1) is 11.3 Å². The van der Waals surface area contributed by atoms with Gasteiger partial charge in [0.2, 0.25) is 0 Å². The normalized spacial score (nSPS) is 10.2. The molecule has 0 fully saturated rings. The van der Waals surface area contributed by atoms with Crippen LogP contribution in [0.25, 0.3) is 0 Å². The zero-order valence-electron chi connectivity index (χ0n) is 13.1. The number of anilines is 3. The lowest BCUT2D eigenvalue weighted by atomic mass is 10.2. The summed E-state index contributed by atoms with van der Waals surface area (Å²) in [5, 5.41) is 12.9. The minimum absolute atomic E-state index is 0.272. The van der Waals surface area contributed by atoms with Crippen LogP contribution in [0.3, 0.4) is 0 Å². The number of benzene rings is 2. The molecule has 0 atom stereocenters. The second-order valence-electron chi connectivity index (χ2n) is 5.22. The first-order valence-electron chi connectivity index (χ1n) is 7.31. The maximum Gasteiger partial charge on any atom is 0.164 e. The van der Waals surface area contributed by atoms with E-state index >= 15 is 0 Å². The summed E-state index contributed by atoms with van der Waals surface area (Å²) in [6, 6.07) is 13.7. The van der Waals surface area contributed by atoms with Crippen LogP contribution < -0.4 is 15.8 Å². The van der Waals surface area contributed by atoms with Crippen LogP contribution in [0.5, 0.6) is 11.5 Å². The summed E-state index contributed by atoms with van der Waals surface area (Å²) in [7, 11) is 0. The highest BCUT2D eigenvalue weighted by Gasteiger charge is 2.12. The lowest BCUT2D eigenvalue weighted by Gasteiger charge is -2.13. The number of nitrogens with two attached hydrogens (primary N) is 1. The van der Waals surface area contributed by atoms with E-state index in [1.165, 1.54) is 18.3 Å². The molecule has 130 valence electrons. The molecule has 0 aliphatic heterocycles. The Morgan fingerprint density at radius 2 is 1.69 bits per heavy atom. The Hall–Kier alpha value is -2.65. The molecule has 0 radical (unpaired) electrons. The third-order valence-corrected chi connectivity index (χ3v) is 4.15. The van der Waals surface area contributed by atoms with Gasteiger partial charge in [-0.05, 0) is 36.4 Å². The Balaban J connectivity index is 1.87. The van der Waals surface area contributed by atoms with Crippen molar-refractivity contribution in [3.05, 3.63) is 69.3 Å². The highest BCUT2D eigenvalue weighted by Crippen LogP contribution is 2.39. The number of nitriles is 1. The molecule has 3 N–H and O–H groups in total. The molecule has 0 amide bonds. The van der Waals surface area contributed by atoms with Crippen molar-refractivity contribution < 1.29 is 4.74 Å².